The summed E-state index contributed by atoms with van der Waals surface area (Å²) < 4.78 is 45.5. The number of ether oxygens (including phenoxy) is 1. The number of rotatable bonds is 4. The van der Waals surface area contributed by atoms with Crippen LogP contribution in [0.1, 0.15) is 40.4 Å². The third kappa shape index (κ3) is 4.20. The predicted molar refractivity (Wildman–Crippen MR) is 99.7 cm³/mol. The molecule has 3 rings (SSSR count). The molecule has 0 aliphatic carbocycles. The average Bonchev–Trinajstić information content (AvgIpc) is 2.66. The molecule has 0 spiro atoms. The van der Waals surface area contributed by atoms with E-state index in [4.69, 9.17) is 0 Å². The van der Waals surface area contributed by atoms with Crippen molar-refractivity contribution < 1.29 is 22.7 Å². The number of aromatic nitrogens is 3. The highest BCUT2D eigenvalue weighted by Crippen LogP contribution is 2.37. The number of H-pyrrole nitrogens is 1. The molecule has 152 valence electrons. The normalized spacial score (nSPS) is 12.6. The highest BCUT2D eigenvalue weighted by molar-refractivity contribution is 5.87. The number of anilines is 1. The molecule has 0 fully saturated rings. The van der Waals surface area contributed by atoms with Crippen LogP contribution in [-0.4, -0.2) is 28.0 Å². The number of aromatic amines is 1. The van der Waals surface area contributed by atoms with Crippen molar-refractivity contribution in [3.8, 4) is 0 Å². The molecular formula is C19H17F3N4O3. The van der Waals surface area contributed by atoms with E-state index in [2.05, 4.69) is 25.0 Å². The Morgan fingerprint density at radius 3 is 2.59 bits per heavy atom. The molecule has 7 nitrogen and oxygen atoms in total. The minimum atomic E-state index is -4.63. The number of nitrogens with zero attached hydrogens (tertiary/aromatic N) is 2. The van der Waals surface area contributed by atoms with E-state index in [9.17, 15) is 22.8 Å². The molecule has 0 saturated carbocycles. The number of fused-ring (bicyclic) bond motifs is 1. The maximum atomic E-state index is 13.7. The van der Waals surface area contributed by atoms with Crippen LogP contribution >= 0.6 is 0 Å². The molecule has 1 atom stereocenters. The van der Waals surface area contributed by atoms with Gasteiger partial charge >= 0.3 is 12.1 Å². The molecule has 3 aromatic rings. The Bertz CT molecular complexity index is 1120. The zero-order chi connectivity index (χ0) is 21.3. The summed E-state index contributed by atoms with van der Waals surface area (Å²) in [6, 6.07) is 4.15. The van der Waals surface area contributed by atoms with Gasteiger partial charge in [-0.2, -0.15) is 13.2 Å². The smallest absolute Gasteiger partial charge is 0.416 e. The SMILES string of the molecule is COC(=O)c1ccc(NC(C)c2cc3c(=O)[nH]c(C)nc3cc2C(F)(F)F)cn1. The lowest BCUT2D eigenvalue weighted by Gasteiger charge is -2.21. The fraction of sp³-hybridized carbons (Fsp3) is 0.263. The Labute approximate surface area is 163 Å². The Morgan fingerprint density at radius 1 is 1.28 bits per heavy atom. The van der Waals surface area contributed by atoms with Gasteiger partial charge < -0.3 is 15.0 Å². The third-order valence-electron chi connectivity index (χ3n) is 4.31. The molecule has 2 heterocycles. The van der Waals surface area contributed by atoms with Crippen LogP contribution in [-0.2, 0) is 10.9 Å². The third-order valence-corrected chi connectivity index (χ3v) is 4.31. The van der Waals surface area contributed by atoms with Gasteiger partial charge in [-0.3, -0.25) is 4.79 Å². The molecule has 0 saturated heterocycles. The first-order chi connectivity index (χ1) is 13.6. The predicted octanol–water partition coefficient (Wildman–Crippen LogP) is 3.61. The first-order valence-corrected chi connectivity index (χ1v) is 8.53. The Hall–Kier alpha value is -3.43. The van der Waals surface area contributed by atoms with Crippen molar-refractivity contribution in [1.82, 2.24) is 15.0 Å². The number of carbonyl (C=O) groups is 1. The first-order valence-electron chi connectivity index (χ1n) is 8.53. The van der Waals surface area contributed by atoms with E-state index >= 15 is 0 Å². The molecule has 0 aliphatic heterocycles. The lowest BCUT2D eigenvalue weighted by atomic mass is 9.98. The summed E-state index contributed by atoms with van der Waals surface area (Å²) in [5.74, 6) is -0.396. The number of benzene rings is 1. The quantitative estimate of drug-likeness (QED) is 0.643. The fourth-order valence-corrected chi connectivity index (χ4v) is 2.96. The number of carbonyl (C=O) groups excluding carboxylic acids is 1. The summed E-state index contributed by atoms with van der Waals surface area (Å²) in [6.07, 6.45) is -3.32. The van der Waals surface area contributed by atoms with Crippen LogP contribution in [0.3, 0.4) is 0 Å². The van der Waals surface area contributed by atoms with Gasteiger partial charge in [0.15, 0.2) is 0 Å². The van der Waals surface area contributed by atoms with E-state index in [1.54, 1.807) is 0 Å². The summed E-state index contributed by atoms with van der Waals surface area (Å²) in [6.45, 7) is 3.03. The van der Waals surface area contributed by atoms with Gasteiger partial charge in [-0.05, 0) is 43.7 Å². The van der Waals surface area contributed by atoms with E-state index in [1.807, 2.05) is 0 Å². The lowest BCUT2D eigenvalue weighted by Crippen LogP contribution is -2.18. The number of esters is 1. The van der Waals surface area contributed by atoms with Crippen molar-refractivity contribution in [3.05, 3.63) is 63.5 Å². The molecule has 1 unspecified atom stereocenters. The van der Waals surface area contributed by atoms with Gasteiger partial charge in [0.05, 0.1) is 35.5 Å². The number of halogens is 3. The summed E-state index contributed by atoms with van der Waals surface area (Å²) in [5.41, 5.74) is -1.08. The van der Waals surface area contributed by atoms with E-state index in [1.165, 1.54) is 45.4 Å². The van der Waals surface area contributed by atoms with Gasteiger partial charge in [0, 0.05) is 6.04 Å². The number of hydrogen-bond donors (Lipinski definition) is 2. The number of nitrogens with one attached hydrogen (secondary N) is 2. The van der Waals surface area contributed by atoms with Crippen molar-refractivity contribution in [1.29, 1.82) is 0 Å². The zero-order valence-electron chi connectivity index (χ0n) is 15.7. The largest absolute Gasteiger partial charge is 0.464 e. The van der Waals surface area contributed by atoms with E-state index in [-0.39, 0.29) is 28.0 Å². The highest BCUT2D eigenvalue weighted by Gasteiger charge is 2.35. The Kier molecular flexibility index (Phi) is 5.27. The van der Waals surface area contributed by atoms with E-state index in [0.29, 0.717) is 5.69 Å². The maximum Gasteiger partial charge on any atom is 0.416 e. The molecule has 0 amide bonds. The van der Waals surface area contributed by atoms with Gasteiger partial charge in [-0.15, -0.1) is 0 Å². The monoisotopic (exact) mass is 406 g/mol. The van der Waals surface area contributed by atoms with Gasteiger partial charge in [-0.1, -0.05) is 0 Å². The number of pyridine rings is 1. The molecule has 0 bridgehead atoms. The van der Waals surface area contributed by atoms with Gasteiger partial charge in [-0.25, -0.2) is 14.8 Å². The standard InChI is InChI=1S/C19H17F3N4O3/c1-9(24-11-4-5-15(23-8-11)18(28)29-3)12-6-13-16(7-14(12)19(20,21)22)25-10(2)26-17(13)27/h4-9,24H,1-3H3,(H,25,26,27). The molecule has 2 aromatic heterocycles. The maximum absolute atomic E-state index is 13.7. The van der Waals surface area contributed by atoms with Crippen LogP contribution < -0.4 is 10.9 Å². The number of hydrogen-bond acceptors (Lipinski definition) is 6. The summed E-state index contributed by atoms with van der Waals surface area (Å²) in [5, 5.41) is 2.96. The van der Waals surface area contributed by atoms with Crippen molar-refractivity contribution in [2.24, 2.45) is 0 Å². The fourth-order valence-electron chi connectivity index (χ4n) is 2.96. The van der Waals surface area contributed by atoms with Gasteiger partial charge in [0.1, 0.15) is 11.5 Å². The minimum absolute atomic E-state index is 0.0291. The zero-order valence-corrected chi connectivity index (χ0v) is 15.7. The van der Waals surface area contributed by atoms with Crippen molar-refractivity contribution in [3.63, 3.8) is 0 Å². The second-order valence-corrected chi connectivity index (χ2v) is 6.40. The van der Waals surface area contributed by atoms with E-state index < -0.39 is 29.3 Å². The van der Waals surface area contributed by atoms with Crippen LogP contribution in [0.15, 0.2) is 35.3 Å². The second-order valence-electron chi connectivity index (χ2n) is 6.40. The second kappa shape index (κ2) is 7.53. The topological polar surface area (TPSA) is 97.0 Å². The van der Waals surface area contributed by atoms with Crippen LogP contribution in [0.5, 0.6) is 0 Å². The molecule has 2 N–H and O–H groups in total. The number of methoxy groups -OCH3 is 1. The number of alkyl halides is 3. The van der Waals surface area contributed by atoms with Gasteiger partial charge in [0.25, 0.3) is 5.56 Å². The molecule has 0 aliphatic rings. The summed E-state index contributed by atoms with van der Waals surface area (Å²) in [4.78, 5) is 34.0. The van der Waals surface area contributed by atoms with E-state index in [0.717, 1.165) is 6.07 Å². The molecule has 10 heteroatoms. The summed E-state index contributed by atoms with van der Waals surface area (Å²) >= 11 is 0. The van der Waals surface area contributed by atoms with Crippen LogP contribution in [0.4, 0.5) is 18.9 Å². The van der Waals surface area contributed by atoms with Crippen molar-refractivity contribution >= 4 is 22.6 Å². The first kappa shape index (κ1) is 20.3. The molecule has 1 aromatic carbocycles. The van der Waals surface area contributed by atoms with Crippen LogP contribution in [0.25, 0.3) is 10.9 Å². The highest BCUT2D eigenvalue weighted by atomic mass is 19.4. The van der Waals surface area contributed by atoms with Crippen molar-refractivity contribution in [2.45, 2.75) is 26.1 Å². The van der Waals surface area contributed by atoms with Crippen molar-refractivity contribution in [2.75, 3.05) is 12.4 Å². The minimum Gasteiger partial charge on any atom is -0.464 e. The number of aryl methyl sites for hydroxylation is 1. The van der Waals surface area contributed by atoms with Crippen LogP contribution in [0.2, 0.25) is 0 Å². The lowest BCUT2D eigenvalue weighted by molar-refractivity contribution is -0.138. The van der Waals surface area contributed by atoms with Gasteiger partial charge in [0.2, 0.25) is 0 Å². The average molecular weight is 406 g/mol. The summed E-state index contributed by atoms with van der Waals surface area (Å²) in [7, 11) is 1.22. The Morgan fingerprint density at radius 2 is 2.00 bits per heavy atom. The molecule has 29 heavy (non-hydrogen) atoms. The van der Waals surface area contributed by atoms with Crippen LogP contribution in [0, 0.1) is 6.92 Å². The molecular weight excluding hydrogens is 389 g/mol. The Balaban J connectivity index is 2.03. The molecule has 0 radical (unpaired) electrons.